The Bertz CT molecular complexity index is 572. The zero-order valence-corrected chi connectivity index (χ0v) is 9.95. The Morgan fingerprint density at radius 1 is 1.21 bits per heavy atom. The van der Waals surface area contributed by atoms with E-state index in [1.165, 1.54) is 12.4 Å². The van der Waals surface area contributed by atoms with Crippen molar-refractivity contribution < 1.29 is 14.3 Å². The number of rotatable bonds is 4. The highest BCUT2D eigenvalue weighted by Crippen LogP contribution is 2.07. The van der Waals surface area contributed by atoms with Crippen molar-refractivity contribution in [3.8, 4) is 0 Å². The molecule has 96 valence electrons. The summed E-state index contributed by atoms with van der Waals surface area (Å²) in [7, 11) is 0. The molecule has 0 aliphatic heterocycles. The molecule has 6 heteroatoms. The van der Waals surface area contributed by atoms with Crippen LogP contribution in [-0.2, 0) is 11.3 Å². The molecule has 0 aliphatic rings. The van der Waals surface area contributed by atoms with Gasteiger partial charge in [-0.3, -0.25) is 10.1 Å². The van der Waals surface area contributed by atoms with Crippen LogP contribution in [0.15, 0.2) is 42.7 Å². The first-order chi connectivity index (χ1) is 9.29. The van der Waals surface area contributed by atoms with E-state index in [1.807, 2.05) is 30.3 Å². The molecule has 0 saturated heterocycles. The molecule has 0 spiro atoms. The first-order valence-corrected chi connectivity index (χ1v) is 5.53. The molecule has 1 N–H and O–H groups in total. The maximum absolute atomic E-state index is 11.5. The quantitative estimate of drug-likeness (QED) is 0.847. The average molecular weight is 257 g/mol. The molecular formula is C13H11N3O3. The van der Waals surface area contributed by atoms with Crippen LogP contribution < -0.4 is 5.32 Å². The first kappa shape index (κ1) is 12.7. The average Bonchev–Trinajstić information content (AvgIpc) is 2.47. The summed E-state index contributed by atoms with van der Waals surface area (Å²) in [6.07, 6.45) is 2.57. The highest BCUT2D eigenvalue weighted by atomic mass is 16.5. The number of aldehydes is 1. The number of ether oxygens (including phenoxy) is 1. The SMILES string of the molecule is O=Cc1nccnc1NC(=O)OCc1ccccc1. The van der Waals surface area contributed by atoms with Crippen molar-refractivity contribution in [2.75, 3.05) is 5.32 Å². The summed E-state index contributed by atoms with van der Waals surface area (Å²) in [6.45, 7) is 0.142. The number of anilines is 1. The van der Waals surface area contributed by atoms with E-state index in [0.717, 1.165) is 5.56 Å². The summed E-state index contributed by atoms with van der Waals surface area (Å²) in [5.41, 5.74) is 0.923. The van der Waals surface area contributed by atoms with Crippen LogP contribution in [0.25, 0.3) is 0 Å². The topological polar surface area (TPSA) is 81.2 Å². The van der Waals surface area contributed by atoms with Crippen LogP contribution in [0.2, 0.25) is 0 Å². The molecule has 0 aliphatic carbocycles. The van der Waals surface area contributed by atoms with Crippen LogP contribution in [0.5, 0.6) is 0 Å². The van der Waals surface area contributed by atoms with Crippen molar-refractivity contribution in [1.82, 2.24) is 9.97 Å². The second-order valence-electron chi connectivity index (χ2n) is 3.59. The maximum Gasteiger partial charge on any atom is 0.413 e. The predicted octanol–water partition coefficient (Wildman–Crippen LogP) is 2.04. The zero-order chi connectivity index (χ0) is 13.5. The van der Waals surface area contributed by atoms with Gasteiger partial charge in [-0.2, -0.15) is 0 Å². The van der Waals surface area contributed by atoms with E-state index in [2.05, 4.69) is 15.3 Å². The minimum atomic E-state index is -0.688. The van der Waals surface area contributed by atoms with E-state index >= 15 is 0 Å². The highest BCUT2D eigenvalue weighted by molar-refractivity contribution is 5.89. The molecule has 1 amide bonds. The summed E-state index contributed by atoms with van der Waals surface area (Å²) >= 11 is 0. The van der Waals surface area contributed by atoms with E-state index in [-0.39, 0.29) is 18.1 Å². The molecule has 0 bridgehead atoms. The number of hydrogen-bond donors (Lipinski definition) is 1. The van der Waals surface area contributed by atoms with E-state index < -0.39 is 6.09 Å². The van der Waals surface area contributed by atoms with E-state index in [0.29, 0.717) is 6.29 Å². The lowest BCUT2D eigenvalue weighted by molar-refractivity contribution is 0.111. The second-order valence-corrected chi connectivity index (χ2v) is 3.59. The molecule has 0 saturated carbocycles. The molecule has 0 unspecified atom stereocenters. The molecular weight excluding hydrogens is 246 g/mol. The fourth-order valence-electron chi connectivity index (χ4n) is 1.39. The molecule has 1 aromatic heterocycles. The van der Waals surface area contributed by atoms with Crippen molar-refractivity contribution in [2.24, 2.45) is 0 Å². The van der Waals surface area contributed by atoms with Crippen LogP contribution in [0.4, 0.5) is 10.6 Å². The number of nitrogens with zero attached hydrogens (tertiary/aromatic N) is 2. The Balaban J connectivity index is 1.93. The molecule has 1 heterocycles. The molecule has 19 heavy (non-hydrogen) atoms. The van der Waals surface area contributed by atoms with Gasteiger partial charge in [-0.1, -0.05) is 30.3 Å². The summed E-state index contributed by atoms with van der Waals surface area (Å²) in [6, 6.07) is 9.26. The molecule has 0 radical (unpaired) electrons. The predicted molar refractivity (Wildman–Crippen MR) is 67.7 cm³/mol. The molecule has 0 fully saturated rings. The number of aromatic nitrogens is 2. The fraction of sp³-hybridized carbons (Fsp3) is 0.0769. The molecule has 2 aromatic rings. The van der Waals surface area contributed by atoms with Crippen molar-refractivity contribution >= 4 is 18.2 Å². The number of benzene rings is 1. The lowest BCUT2D eigenvalue weighted by atomic mass is 10.2. The Hall–Kier alpha value is -2.76. The molecule has 0 atom stereocenters. The fourth-order valence-corrected chi connectivity index (χ4v) is 1.39. The van der Waals surface area contributed by atoms with Gasteiger partial charge in [-0.05, 0) is 5.56 Å². The van der Waals surface area contributed by atoms with Gasteiger partial charge in [-0.15, -0.1) is 0 Å². The smallest absolute Gasteiger partial charge is 0.413 e. The van der Waals surface area contributed by atoms with Crippen LogP contribution >= 0.6 is 0 Å². The third kappa shape index (κ3) is 3.60. The van der Waals surface area contributed by atoms with Gasteiger partial charge in [0.15, 0.2) is 12.1 Å². The van der Waals surface area contributed by atoms with Gasteiger partial charge in [0.1, 0.15) is 12.3 Å². The second kappa shape index (κ2) is 6.25. The summed E-state index contributed by atoms with van der Waals surface area (Å²) in [5, 5.41) is 2.37. The van der Waals surface area contributed by atoms with Gasteiger partial charge < -0.3 is 4.74 Å². The van der Waals surface area contributed by atoms with Crippen LogP contribution in [0.1, 0.15) is 16.1 Å². The monoisotopic (exact) mass is 257 g/mol. The molecule has 2 rings (SSSR count). The Kier molecular flexibility index (Phi) is 4.17. The lowest BCUT2D eigenvalue weighted by Crippen LogP contribution is -2.16. The van der Waals surface area contributed by atoms with Crippen LogP contribution in [-0.4, -0.2) is 22.3 Å². The summed E-state index contributed by atoms with van der Waals surface area (Å²) in [4.78, 5) is 29.8. The van der Waals surface area contributed by atoms with Crippen molar-refractivity contribution in [2.45, 2.75) is 6.61 Å². The Morgan fingerprint density at radius 2 is 1.95 bits per heavy atom. The maximum atomic E-state index is 11.5. The highest BCUT2D eigenvalue weighted by Gasteiger charge is 2.09. The minimum Gasteiger partial charge on any atom is -0.444 e. The van der Waals surface area contributed by atoms with Gasteiger partial charge >= 0.3 is 6.09 Å². The number of amides is 1. The molecule has 6 nitrogen and oxygen atoms in total. The van der Waals surface area contributed by atoms with E-state index in [1.54, 1.807) is 0 Å². The Labute approximate surface area is 109 Å². The van der Waals surface area contributed by atoms with Gasteiger partial charge in [0.25, 0.3) is 0 Å². The van der Waals surface area contributed by atoms with E-state index in [9.17, 15) is 9.59 Å². The van der Waals surface area contributed by atoms with Crippen molar-refractivity contribution in [3.05, 3.63) is 54.0 Å². The third-order valence-corrected chi connectivity index (χ3v) is 2.27. The van der Waals surface area contributed by atoms with Gasteiger partial charge in [-0.25, -0.2) is 14.8 Å². The number of nitrogens with one attached hydrogen (secondary N) is 1. The minimum absolute atomic E-state index is 0.0548. The normalized spacial score (nSPS) is 9.68. The van der Waals surface area contributed by atoms with E-state index in [4.69, 9.17) is 4.74 Å². The summed E-state index contributed by atoms with van der Waals surface area (Å²) in [5.74, 6) is 0.0792. The lowest BCUT2D eigenvalue weighted by Gasteiger charge is -2.07. The zero-order valence-electron chi connectivity index (χ0n) is 9.95. The largest absolute Gasteiger partial charge is 0.444 e. The number of carbonyl (C=O) groups is 2. The number of hydrogen-bond acceptors (Lipinski definition) is 5. The van der Waals surface area contributed by atoms with Crippen LogP contribution in [0.3, 0.4) is 0 Å². The van der Waals surface area contributed by atoms with Crippen molar-refractivity contribution in [3.63, 3.8) is 0 Å². The molecule has 1 aromatic carbocycles. The standard InChI is InChI=1S/C13H11N3O3/c17-8-11-12(15-7-6-14-11)16-13(18)19-9-10-4-2-1-3-5-10/h1-8H,9H2,(H,15,16,18). The third-order valence-electron chi connectivity index (χ3n) is 2.27. The number of carbonyl (C=O) groups excluding carboxylic acids is 2. The Morgan fingerprint density at radius 3 is 2.68 bits per heavy atom. The van der Waals surface area contributed by atoms with Crippen molar-refractivity contribution in [1.29, 1.82) is 0 Å². The summed E-state index contributed by atoms with van der Waals surface area (Å²) < 4.78 is 5.00. The van der Waals surface area contributed by atoms with Crippen LogP contribution in [0, 0.1) is 0 Å². The van der Waals surface area contributed by atoms with Gasteiger partial charge in [0.05, 0.1) is 0 Å². The van der Waals surface area contributed by atoms with Gasteiger partial charge in [0.2, 0.25) is 0 Å². The van der Waals surface area contributed by atoms with Gasteiger partial charge in [0, 0.05) is 12.4 Å². The first-order valence-electron chi connectivity index (χ1n) is 5.53.